The quantitative estimate of drug-likeness (QED) is 0.768. The maximum atomic E-state index is 6.15. The third-order valence-electron chi connectivity index (χ3n) is 3.70. The molecule has 0 spiro atoms. The van der Waals surface area contributed by atoms with Gasteiger partial charge in [-0.05, 0) is 38.0 Å². The average Bonchev–Trinajstić information content (AvgIpc) is 3.22. The zero-order valence-electron chi connectivity index (χ0n) is 11.3. The van der Waals surface area contributed by atoms with Gasteiger partial charge < -0.3 is 5.73 Å². The van der Waals surface area contributed by atoms with Crippen molar-refractivity contribution in [2.24, 2.45) is 0 Å². The predicted molar refractivity (Wildman–Crippen MR) is 84.0 cm³/mol. The molecule has 20 heavy (non-hydrogen) atoms. The fourth-order valence-corrected chi connectivity index (χ4v) is 3.46. The number of nitrogens with two attached hydrogens (primary N) is 1. The molecule has 3 nitrogen and oxygen atoms in total. The second-order valence-electron chi connectivity index (χ2n) is 5.40. The summed E-state index contributed by atoms with van der Waals surface area (Å²) in [6.07, 6.45) is 2.51. The SMILES string of the molecule is Cc1ccc2cc(-c3nc(C4CC4)sc3N)ccc2n1. The van der Waals surface area contributed by atoms with Crippen molar-refractivity contribution >= 4 is 27.2 Å². The van der Waals surface area contributed by atoms with Gasteiger partial charge in [0.1, 0.15) is 10.7 Å². The Morgan fingerprint density at radius 1 is 1.15 bits per heavy atom. The third-order valence-corrected chi connectivity index (χ3v) is 4.75. The molecule has 1 saturated carbocycles. The Labute approximate surface area is 121 Å². The van der Waals surface area contributed by atoms with E-state index < -0.39 is 0 Å². The summed E-state index contributed by atoms with van der Waals surface area (Å²) >= 11 is 1.64. The Kier molecular flexibility index (Phi) is 2.54. The van der Waals surface area contributed by atoms with E-state index in [1.807, 2.05) is 19.1 Å². The van der Waals surface area contributed by atoms with Gasteiger partial charge in [0.15, 0.2) is 0 Å². The van der Waals surface area contributed by atoms with E-state index in [2.05, 4.69) is 23.2 Å². The first-order chi connectivity index (χ1) is 9.70. The number of anilines is 1. The first-order valence-electron chi connectivity index (χ1n) is 6.85. The van der Waals surface area contributed by atoms with Crippen molar-refractivity contribution < 1.29 is 0 Å². The lowest BCUT2D eigenvalue weighted by Crippen LogP contribution is -1.88. The van der Waals surface area contributed by atoms with Gasteiger partial charge in [0, 0.05) is 22.6 Å². The van der Waals surface area contributed by atoms with E-state index in [9.17, 15) is 0 Å². The van der Waals surface area contributed by atoms with E-state index in [1.54, 1.807) is 11.3 Å². The minimum absolute atomic E-state index is 0.654. The summed E-state index contributed by atoms with van der Waals surface area (Å²) in [6, 6.07) is 10.4. The zero-order valence-corrected chi connectivity index (χ0v) is 12.1. The number of hydrogen-bond donors (Lipinski definition) is 1. The molecule has 4 heteroatoms. The van der Waals surface area contributed by atoms with Crippen molar-refractivity contribution in [1.29, 1.82) is 0 Å². The lowest BCUT2D eigenvalue weighted by atomic mass is 10.1. The van der Waals surface area contributed by atoms with Crippen LogP contribution in [0.2, 0.25) is 0 Å². The maximum Gasteiger partial charge on any atom is 0.114 e. The minimum Gasteiger partial charge on any atom is -0.389 e. The molecule has 0 unspecified atom stereocenters. The molecule has 4 rings (SSSR count). The fraction of sp³-hybridized carbons (Fsp3) is 0.250. The Morgan fingerprint density at radius 3 is 2.80 bits per heavy atom. The number of benzene rings is 1. The van der Waals surface area contributed by atoms with Crippen molar-refractivity contribution in [2.45, 2.75) is 25.7 Å². The Hall–Kier alpha value is -1.94. The molecule has 1 aliphatic rings. The van der Waals surface area contributed by atoms with E-state index in [4.69, 9.17) is 10.7 Å². The molecule has 2 heterocycles. The number of fused-ring (bicyclic) bond motifs is 1. The van der Waals surface area contributed by atoms with E-state index in [1.165, 1.54) is 17.8 Å². The summed E-state index contributed by atoms with van der Waals surface area (Å²) in [5.41, 5.74) is 10.2. The molecule has 0 saturated heterocycles. The Morgan fingerprint density at radius 2 is 2.00 bits per heavy atom. The Bertz CT molecular complexity index is 803. The number of rotatable bonds is 2. The highest BCUT2D eigenvalue weighted by molar-refractivity contribution is 7.16. The third kappa shape index (κ3) is 1.96. The van der Waals surface area contributed by atoms with Crippen LogP contribution in [-0.4, -0.2) is 9.97 Å². The lowest BCUT2D eigenvalue weighted by molar-refractivity contribution is 1.09. The monoisotopic (exact) mass is 281 g/mol. The van der Waals surface area contributed by atoms with Crippen molar-refractivity contribution in [2.75, 3.05) is 5.73 Å². The lowest BCUT2D eigenvalue weighted by Gasteiger charge is -2.02. The van der Waals surface area contributed by atoms with Crippen LogP contribution in [-0.2, 0) is 0 Å². The van der Waals surface area contributed by atoms with Crippen LogP contribution in [0.5, 0.6) is 0 Å². The van der Waals surface area contributed by atoms with Gasteiger partial charge in [0.05, 0.1) is 10.5 Å². The molecule has 1 aromatic carbocycles. The highest BCUT2D eigenvalue weighted by Crippen LogP contribution is 2.45. The summed E-state index contributed by atoms with van der Waals surface area (Å²) in [4.78, 5) is 9.27. The molecular weight excluding hydrogens is 266 g/mol. The summed E-state index contributed by atoms with van der Waals surface area (Å²) in [5, 5.41) is 3.15. The number of hydrogen-bond acceptors (Lipinski definition) is 4. The molecular formula is C16H15N3S. The summed E-state index contributed by atoms with van der Waals surface area (Å²) < 4.78 is 0. The summed E-state index contributed by atoms with van der Waals surface area (Å²) in [5.74, 6) is 0.654. The number of nitrogens with zero attached hydrogens (tertiary/aromatic N) is 2. The number of aryl methyl sites for hydroxylation is 1. The van der Waals surface area contributed by atoms with Crippen LogP contribution in [0.25, 0.3) is 22.2 Å². The van der Waals surface area contributed by atoms with Crippen molar-refractivity contribution in [3.05, 3.63) is 41.0 Å². The molecule has 2 N–H and O–H groups in total. The minimum atomic E-state index is 0.654. The topological polar surface area (TPSA) is 51.8 Å². The molecule has 1 fully saturated rings. The van der Waals surface area contributed by atoms with Crippen molar-refractivity contribution in [1.82, 2.24) is 9.97 Å². The van der Waals surface area contributed by atoms with Crippen LogP contribution in [0.3, 0.4) is 0 Å². The summed E-state index contributed by atoms with van der Waals surface area (Å²) in [6.45, 7) is 2.01. The molecule has 0 amide bonds. The molecule has 0 radical (unpaired) electrons. The number of nitrogen functional groups attached to an aromatic ring is 1. The first-order valence-corrected chi connectivity index (χ1v) is 7.66. The van der Waals surface area contributed by atoms with Gasteiger partial charge in [-0.1, -0.05) is 12.1 Å². The van der Waals surface area contributed by atoms with Crippen LogP contribution in [0.15, 0.2) is 30.3 Å². The highest BCUT2D eigenvalue weighted by atomic mass is 32.1. The van der Waals surface area contributed by atoms with E-state index >= 15 is 0 Å². The first kappa shape index (κ1) is 11.9. The number of aromatic nitrogens is 2. The van der Waals surface area contributed by atoms with E-state index in [-0.39, 0.29) is 0 Å². The molecule has 1 aliphatic carbocycles. The highest BCUT2D eigenvalue weighted by Gasteiger charge is 2.28. The van der Waals surface area contributed by atoms with Crippen LogP contribution in [0.4, 0.5) is 5.00 Å². The maximum absolute atomic E-state index is 6.15. The smallest absolute Gasteiger partial charge is 0.114 e. The molecule has 3 aromatic rings. The summed E-state index contributed by atoms with van der Waals surface area (Å²) in [7, 11) is 0. The van der Waals surface area contributed by atoms with E-state index in [0.29, 0.717) is 5.92 Å². The molecule has 0 atom stereocenters. The largest absolute Gasteiger partial charge is 0.389 e. The standard InChI is InChI=1S/C16H15N3S/c1-9-2-3-11-8-12(6-7-13(11)18-9)14-15(17)20-16(19-14)10-4-5-10/h2-3,6-8,10H,4-5,17H2,1H3. The van der Waals surface area contributed by atoms with Gasteiger partial charge in [0.25, 0.3) is 0 Å². The van der Waals surface area contributed by atoms with Gasteiger partial charge in [-0.25, -0.2) is 4.98 Å². The molecule has 2 aromatic heterocycles. The van der Waals surface area contributed by atoms with Gasteiger partial charge >= 0.3 is 0 Å². The van der Waals surface area contributed by atoms with E-state index in [0.717, 1.165) is 32.9 Å². The van der Waals surface area contributed by atoms with Crippen LogP contribution < -0.4 is 5.73 Å². The van der Waals surface area contributed by atoms with Crippen LogP contribution in [0, 0.1) is 6.92 Å². The molecule has 100 valence electrons. The molecule has 0 aliphatic heterocycles. The average molecular weight is 281 g/mol. The van der Waals surface area contributed by atoms with Gasteiger partial charge in [0.2, 0.25) is 0 Å². The molecule has 0 bridgehead atoms. The van der Waals surface area contributed by atoms with Crippen molar-refractivity contribution in [3.63, 3.8) is 0 Å². The van der Waals surface area contributed by atoms with Crippen LogP contribution >= 0.6 is 11.3 Å². The Balaban J connectivity index is 1.83. The van der Waals surface area contributed by atoms with Crippen molar-refractivity contribution in [3.8, 4) is 11.3 Å². The van der Waals surface area contributed by atoms with Gasteiger partial charge in [-0.3, -0.25) is 4.98 Å². The zero-order chi connectivity index (χ0) is 13.7. The second kappa shape index (κ2) is 4.28. The van der Waals surface area contributed by atoms with Gasteiger partial charge in [-0.2, -0.15) is 0 Å². The number of thiazole rings is 1. The predicted octanol–water partition coefficient (Wildman–Crippen LogP) is 4.13. The normalized spacial score (nSPS) is 14.8. The second-order valence-corrected chi connectivity index (χ2v) is 6.46. The number of pyridine rings is 1. The van der Waals surface area contributed by atoms with Gasteiger partial charge in [-0.15, -0.1) is 11.3 Å². The van der Waals surface area contributed by atoms with Crippen LogP contribution in [0.1, 0.15) is 29.5 Å². The fourth-order valence-electron chi connectivity index (χ4n) is 2.44.